The number of piperazine rings is 1. The number of aromatic carboxylic acids is 1. The van der Waals surface area contributed by atoms with Gasteiger partial charge in [0.2, 0.25) is 0 Å². The minimum absolute atomic E-state index is 0.0491. The molecular formula is C12H16N4O3S. The Labute approximate surface area is 120 Å². The summed E-state index contributed by atoms with van der Waals surface area (Å²) < 4.78 is 5.22. The van der Waals surface area contributed by atoms with Crippen LogP contribution in [0.4, 0.5) is 6.01 Å². The molecule has 1 saturated heterocycles. The van der Waals surface area contributed by atoms with Crippen molar-refractivity contribution < 1.29 is 14.3 Å². The van der Waals surface area contributed by atoms with Crippen molar-refractivity contribution in [3.63, 3.8) is 0 Å². The second kappa shape index (κ2) is 5.35. The number of anilines is 1. The fraction of sp³-hybridized carbons (Fsp3) is 0.583. The van der Waals surface area contributed by atoms with Crippen molar-refractivity contribution >= 4 is 28.9 Å². The predicted octanol–water partition coefficient (Wildman–Crippen LogP) is 0.986. The third kappa shape index (κ3) is 2.60. The maximum atomic E-state index is 10.8. The maximum Gasteiger partial charge on any atom is 0.357 e. The highest BCUT2D eigenvalue weighted by Crippen LogP contribution is 2.24. The summed E-state index contributed by atoms with van der Waals surface area (Å²) in [5.74, 6) is -1.07. The van der Waals surface area contributed by atoms with Crippen LogP contribution in [0.2, 0.25) is 0 Å². The quantitative estimate of drug-likeness (QED) is 0.871. The second-order valence-electron chi connectivity index (χ2n) is 4.85. The van der Waals surface area contributed by atoms with E-state index in [0.717, 1.165) is 37.9 Å². The molecule has 20 heavy (non-hydrogen) atoms. The molecular weight excluding hydrogens is 280 g/mol. The molecule has 1 aromatic rings. The summed E-state index contributed by atoms with van der Waals surface area (Å²) in [6.07, 6.45) is 1.18. The van der Waals surface area contributed by atoms with Gasteiger partial charge >= 0.3 is 5.97 Å². The van der Waals surface area contributed by atoms with Gasteiger partial charge in [-0.25, -0.2) is 4.79 Å². The zero-order chi connectivity index (χ0) is 14.1. The molecule has 0 spiro atoms. The third-order valence-corrected chi connectivity index (χ3v) is 4.47. The number of oxazole rings is 1. The Kier molecular flexibility index (Phi) is 3.56. The summed E-state index contributed by atoms with van der Waals surface area (Å²) >= 11 is 1.82. The third-order valence-electron chi connectivity index (χ3n) is 3.32. The molecule has 0 radical (unpaired) electrons. The number of rotatable bonds is 2. The van der Waals surface area contributed by atoms with Crippen LogP contribution >= 0.6 is 11.8 Å². The van der Waals surface area contributed by atoms with Crippen LogP contribution in [0.3, 0.4) is 0 Å². The molecule has 0 aromatic carbocycles. The van der Waals surface area contributed by atoms with E-state index in [1.54, 1.807) is 0 Å². The number of aliphatic imine (C=N–C) groups is 1. The molecule has 0 bridgehead atoms. The number of carbonyl (C=O) groups is 1. The van der Waals surface area contributed by atoms with E-state index in [4.69, 9.17) is 9.52 Å². The van der Waals surface area contributed by atoms with Gasteiger partial charge in [-0.2, -0.15) is 4.98 Å². The highest BCUT2D eigenvalue weighted by Gasteiger charge is 2.26. The molecule has 8 heteroatoms. The Morgan fingerprint density at radius 2 is 2.10 bits per heavy atom. The van der Waals surface area contributed by atoms with E-state index in [9.17, 15) is 4.79 Å². The van der Waals surface area contributed by atoms with Gasteiger partial charge in [0.05, 0.1) is 6.54 Å². The van der Waals surface area contributed by atoms with Crippen molar-refractivity contribution in [2.24, 2.45) is 4.99 Å². The van der Waals surface area contributed by atoms with Gasteiger partial charge in [-0.1, -0.05) is 18.7 Å². The van der Waals surface area contributed by atoms with Crippen LogP contribution in [-0.2, 0) is 0 Å². The largest absolute Gasteiger partial charge is 0.476 e. The Morgan fingerprint density at radius 3 is 2.65 bits per heavy atom. The smallest absolute Gasteiger partial charge is 0.357 e. The molecule has 2 aliphatic rings. The molecule has 7 nitrogen and oxygen atoms in total. The second-order valence-corrected chi connectivity index (χ2v) is 6.25. The van der Waals surface area contributed by atoms with Gasteiger partial charge in [-0.15, -0.1) is 0 Å². The standard InChI is InChI=1S/C12H16N4O3S/c1-8-6-13-12(20-8)16-4-2-15(3-5-16)11-14-9(7-19-11)10(17)18/h7-8H,2-6H2,1H3,(H,17,18). The summed E-state index contributed by atoms with van der Waals surface area (Å²) in [5, 5.41) is 10.5. The van der Waals surface area contributed by atoms with Gasteiger partial charge in [0.25, 0.3) is 6.01 Å². The van der Waals surface area contributed by atoms with Gasteiger partial charge in [0.15, 0.2) is 10.9 Å². The van der Waals surface area contributed by atoms with Crippen LogP contribution in [0.1, 0.15) is 17.4 Å². The average molecular weight is 296 g/mol. The van der Waals surface area contributed by atoms with Crippen LogP contribution in [0.5, 0.6) is 0 Å². The molecule has 1 unspecified atom stereocenters. The molecule has 2 aliphatic heterocycles. The Balaban J connectivity index is 1.59. The number of carboxylic acids is 1. The van der Waals surface area contributed by atoms with E-state index in [1.165, 1.54) is 6.26 Å². The van der Waals surface area contributed by atoms with Gasteiger partial charge < -0.3 is 19.3 Å². The summed E-state index contributed by atoms with van der Waals surface area (Å²) in [5.41, 5.74) is -0.0491. The number of nitrogens with zero attached hydrogens (tertiary/aromatic N) is 4. The molecule has 1 aromatic heterocycles. The SMILES string of the molecule is CC1CN=C(N2CCN(c3nc(C(=O)O)co3)CC2)S1. The zero-order valence-electron chi connectivity index (χ0n) is 11.2. The summed E-state index contributed by atoms with van der Waals surface area (Å²) in [6.45, 7) is 6.29. The first kappa shape index (κ1) is 13.3. The molecule has 3 rings (SSSR count). The number of carboxylic acid groups (broad SMARTS) is 1. The van der Waals surface area contributed by atoms with Crippen molar-refractivity contribution in [1.82, 2.24) is 9.88 Å². The molecule has 0 aliphatic carbocycles. The summed E-state index contributed by atoms with van der Waals surface area (Å²) in [4.78, 5) is 23.5. The number of thioether (sulfide) groups is 1. The van der Waals surface area contributed by atoms with Gasteiger partial charge in [-0.05, 0) is 0 Å². The van der Waals surface area contributed by atoms with E-state index >= 15 is 0 Å². The number of aromatic nitrogens is 1. The highest BCUT2D eigenvalue weighted by atomic mass is 32.2. The molecule has 3 heterocycles. The fourth-order valence-corrected chi connectivity index (χ4v) is 3.22. The number of amidine groups is 1. The lowest BCUT2D eigenvalue weighted by atomic mass is 10.3. The lowest BCUT2D eigenvalue weighted by molar-refractivity contribution is 0.0690. The first-order chi connectivity index (χ1) is 9.63. The number of hydrogen-bond acceptors (Lipinski definition) is 7. The molecule has 1 fully saturated rings. The van der Waals surface area contributed by atoms with E-state index < -0.39 is 5.97 Å². The van der Waals surface area contributed by atoms with Crippen molar-refractivity contribution in [1.29, 1.82) is 0 Å². The Bertz CT molecular complexity index is 537. The monoisotopic (exact) mass is 296 g/mol. The van der Waals surface area contributed by atoms with E-state index in [1.807, 2.05) is 16.7 Å². The molecule has 0 saturated carbocycles. The number of hydrogen-bond donors (Lipinski definition) is 1. The Morgan fingerprint density at radius 1 is 1.40 bits per heavy atom. The first-order valence-electron chi connectivity index (χ1n) is 6.53. The van der Waals surface area contributed by atoms with E-state index in [2.05, 4.69) is 21.8 Å². The van der Waals surface area contributed by atoms with Crippen LogP contribution < -0.4 is 4.90 Å². The minimum Gasteiger partial charge on any atom is -0.476 e. The lowest BCUT2D eigenvalue weighted by Gasteiger charge is -2.34. The van der Waals surface area contributed by atoms with Gasteiger partial charge in [-0.3, -0.25) is 4.99 Å². The molecule has 1 N–H and O–H groups in total. The van der Waals surface area contributed by atoms with Crippen LogP contribution in [-0.4, -0.2) is 64.1 Å². The molecule has 1 atom stereocenters. The first-order valence-corrected chi connectivity index (χ1v) is 7.41. The van der Waals surface area contributed by atoms with Crippen molar-refractivity contribution in [3.05, 3.63) is 12.0 Å². The molecule has 108 valence electrons. The topological polar surface area (TPSA) is 82.2 Å². The average Bonchev–Trinajstić information content (AvgIpc) is 3.08. The minimum atomic E-state index is -1.07. The summed E-state index contributed by atoms with van der Waals surface area (Å²) in [6, 6.07) is 0.386. The van der Waals surface area contributed by atoms with Crippen LogP contribution in [0.25, 0.3) is 0 Å². The predicted molar refractivity (Wildman–Crippen MR) is 76.6 cm³/mol. The maximum absolute atomic E-state index is 10.8. The lowest BCUT2D eigenvalue weighted by Crippen LogP contribution is -2.48. The van der Waals surface area contributed by atoms with Crippen LogP contribution in [0, 0.1) is 0 Å². The normalized spacial score (nSPS) is 23.1. The Hall–Kier alpha value is -1.70. The molecule has 0 amide bonds. The van der Waals surface area contributed by atoms with Gasteiger partial charge in [0.1, 0.15) is 6.26 Å². The van der Waals surface area contributed by atoms with Crippen molar-refractivity contribution in [2.75, 3.05) is 37.6 Å². The zero-order valence-corrected chi connectivity index (χ0v) is 12.0. The van der Waals surface area contributed by atoms with Crippen molar-refractivity contribution in [3.8, 4) is 0 Å². The van der Waals surface area contributed by atoms with Crippen LogP contribution in [0.15, 0.2) is 15.7 Å². The van der Waals surface area contributed by atoms with Crippen molar-refractivity contribution in [2.45, 2.75) is 12.2 Å². The van der Waals surface area contributed by atoms with E-state index in [0.29, 0.717) is 11.3 Å². The van der Waals surface area contributed by atoms with E-state index in [-0.39, 0.29) is 5.69 Å². The van der Waals surface area contributed by atoms with Gasteiger partial charge in [0, 0.05) is 31.4 Å². The fourth-order valence-electron chi connectivity index (χ4n) is 2.23. The highest BCUT2D eigenvalue weighted by molar-refractivity contribution is 8.14. The summed E-state index contributed by atoms with van der Waals surface area (Å²) in [7, 11) is 0.